The van der Waals surface area contributed by atoms with E-state index in [0.29, 0.717) is 17.3 Å². The molecule has 3 aromatic rings. The number of non-ortho nitro benzene ring substituents is 1. The van der Waals surface area contributed by atoms with Gasteiger partial charge in [0.1, 0.15) is 11.5 Å². The van der Waals surface area contributed by atoms with E-state index in [0.717, 1.165) is 4.90 Å². The van der Waals surface area contributed by atoms with Gasteiger partial charge >= 0.3 is 0 Å². The lowest BCUT2D eigenvalue weighted by Crippen LogP contribution is -2.27. The molecule has 0 spiro atoms. The van der Waals surface area contributed by atoms with E-state index in [4.69, 9.17) is 16.0 Å². The number of hydrogen-bond donors (Lipinski definition) is 0. The molecule has 33 heavy (non-hydrogen) atoms. The van der Waals surface area contributed by atoms with Crippen molar-refractivity contribution >= 4 is 52.0 Å². The third kappa shape index (κ3) is 4.64. The fraction of sp³-hybridized carbons (Fsp3) is 0.0476. The predicted molar refractivity (Wildman–Crippen MR) is 120 cm³/mol. The zero-order valence-corrected chi connectivity index (χ0v) is 18.0. The third-order valence-corrected chi connectivity index (χ3v) is 5.80. The van der Waals surface area contributed by atoms with Gasteiger partial charge in [-0.2, -0.15) is 0 Å². The molecule has 12 heteroatoms. The molecule has 4 rings (SSSR count). The summed E-state index contributed by atoms with van der Waals surface area (Å²) in [7, 11) is 0. The summed E-state index contributed by atoms with van der Waals surface area (Å²) in [6.07, 6.45) is 1.36. The van der Waals surface area contributed by atoms with Crippen LogP contribution in [0.5, 0.6) is 0 Å². The first-order valence-electron chi connectivity index (χ1n) is 9.26. The molecule has 2 aromatic carbocycles. The average Bonchev–Trinajstić information content (AvgIpc) is 3.34. The minimum absolute atomic E-state index is 0.0944. The van der Waals surface area contributed by atoms with Crippen LogP contribution in [0.3, 0.4) is 0 Å². The van der Waals surface area contributed by atoms with E-state index in [1.807, 2.05) is 0 Å². The van der Waals surface area contributed by atoms with Crippen molar-refractivity contribution in [3.8, 4) is 11.3 Å². The van der Waals surface area contributed by atoms with Gasteiger partial charge in [-0.25, -0.2) is 0 Å². The highest BCUT2D eigenvalue weighted by atomic mass is 35.5. The summed E-state index contributed by atoms with van der Waals surface area (Å²) in [5, 5.41) is 21.9. The van der Waals surface area contributed by atoms with E-state index in [-0.39, 0.29) is 44.9 Å². The van der Waals surface area contributed by atoms with Crippen LogP contribution >= 0.6 is 23.4 Å². The summed E-state index contributed by atoms with van der Waals surface area (Å²) in [6.45, 7) is -0.121. The van der Waals surface area contributed by atoms with Crippen LogP contribution < -0.4 is 0 Å². The van der Waals surface area contributed by atoms with Gasteiger partial charge in [0.25, 0.3) is 22.5 Å². The fourth-order valence-corrected chi connectivity index (χ4v) is 4.14. The highest BCUT2D eigenvalue weighted by Gasteiger charge is 2.35. The van der Waals surface area contributed by atoms with Crippen molar-refractivity contribution in [3.63, 3.8) is 0 Å². The Morgan fingerprint density at radius 2 is 1.82 bits per heavy atom. The van der Waals surface area contributed by atoms with Gasteiger partial charge in [0, 0.05) is 29.3 Å². The highest BCUT2D eigenvalue weighted by Crippen LogP contribution is 2.36. The number of thioether (sulfide) groups is 1. The first-order valence-corrected chi connectivity index (χ1v) is 10.5. The van der Waals surface area contributed by atoms with E-state index >= 15 is 0 Å². The second kappa shape index (κ2) is 8.88. The van der Waals surface area contributed by atoms with Crippen molar-refractivity contribution in [2.24, 2.45) is 0 Å². The van der Waals surface area contributed by atoms with Gasteiger partial charge in [-0.15, -0.1) is 0 Å². The van der Waals surface area contributed by atoms with Gasteiger partial charge < -0.3 is 4.42 Å². The molecule has 166 valence electrons. The standard InChI is InChI=1S/C21H12ClN3O7S/c22-13-4-6-16(17(9-13)25(30)31)18-7-5-15(32-18)10-19-20(26)23(21(27)33-19)11-12-2-1-3-14(8-12)24(28)29/h1-10H,11H2. The normalized spacial score (nSPS) is 14.8. The van der Waals surface area contributed by atoms with Crippen LogP contribution in [0.2, 0.25) is 5.02 Å². The zero-order valence-electron chi connectivity index (χ0n) is 16.5. The number of imide groups is 1. The molecule has 0 radical (unpaired) electrons. The Kier molecular flexibility index (Phi) is 5.99. The Labute approximate surface area is 194 Å². The highest BCUT2D eigenvalue weighted by molar-refractivity contribution is 8.18. The number of rotatable bonds is 6. The Bertz CT molecular complexity index is 1350. The number of nitro groups is 2. The maximum Gasteiger partial charge on any atom is 0.293 e. The summed E-state index contributed by atoms with van der Waals surface area (Å²) in [5.74, 6) is -0.164. The third-order valence-electron chi connectivity index (χ3n) is 4.66. The quantitative estimate of drug-likeness (QED) is 0.248. The number of benzene rings is 2. The van der Waals surface area contributed by atoms with E-state index in [1.165, 1.54) is 54.6 Å². The smallest absolute Gasteiger partial charge is 0.293 e. The zero-order chi connectivity index (χ0) is 23.7. The molecule has 0 atom stereocenters. The minimum atomic E-state index is -0.581. The molecule has 1 saturated heterocycles. The van der Waals surface area contributed by atoms with Gasteiger partial charge in [0.15, 0.2) is 0 Å². The average molecular weight is 486 g/mol. The van der Waals surface area contributed by atoms with Crippen molar-refractivity contribution in [2.45, 2.75) is 6.54 Å². The van der Waals surface area contributed by atoms with Gasteiger partial charge in [-0.05, 0) is 41.6 Å². The molecular weight excluding hydrogens is 474 g/mol. The van der Waals surface area contributed by atoms with Gasteiger partial charge in [0.05, 0.1) is 26.9 Å². The van der Waals surface area contributed by atoms with Gasteiger partial charge in [-0.1, -0.05) is 23.7 Å². The number of nitro benzene ring substituents is 2. The lowest BCUT2D eigenvalue weighted by atomic mass is 10.1. The van der Waals surface area contributed by atoms with Crippen molar-refractivity contribution in [2.75, 3.05) is 0 Å². The number of furan rings is 1. The summed E-state index contributed by atoms with van der Waals surface area (Å²) in [5.41, 5.74) is 0.265. The lowest BCUT2D eigenvalue weighted by Gasteiger charge is -2.12. The maximum atomic E-state index is 12.7. The van der Waals surface area contributed by atoms with E-state index in [9.17, 15) is 29.8 Å². The molecule has 2 amide bonds. The molecule has 0 N–H and O–H groups in total. The molecule has 1 aromatic heterocycles. The minimum Gasteiger partial charge on any atom is -0.456 e. The SMILES string of the molecule is O=C1SC(=Cc2ccc(-c3ccc(Cl)cc3[N+](=O)[O-])o2)C(=O)N1Cc1cccc([N+](=O)[O-])c1. The van der Waals surface area contributed by atoms with Crippen molar-refractivity contribution in [3.05, 3.63) is 96.1 Å². The van der Waals surface area contributed by atoms with E-state index < -0.39 is 21.0 Å². The Hall–Kier alpha value is -3.96. The fourth-order valence-electron chi connectivity index (χ4n) is 3.16. The number of carbonyl (C=O) groups excluding carboxylic acids is 2. The molecule has 2 heterocycles. The second-order valence-corrected chi connectivity index (χ2v) is 8.25. The van der Waals surface area contributed by atoms with Crippen molar-refractivity contribution in [1.82, 2.24) is 4.90 Å². The Morgan fingerprint density at radius 1 is 1.03 bits per heavy atom. The topological polar surface area (TPSA) is 137 Å². The van der Waals surface area contributed by atoms with Crippen LogP contribution in [-0.2, 0) is 11.3 Å². The molecule has 0 saturated carbocycles. The lowest BCUT2D eigenvalue weighted by molar-refractivity contribution is -0.385. The van der Waals surface area contributed by atoms with E-state index in [1.54, 1.807) is 6.07 Å². The second-order valence-electron chi connectivity index (χ2n) is 6.82. The predicted octanol–water partition coefficient (Wildman–Crippen LogP) is 5.65. The van der Waals surface area contributed by atoms with Gasteiger partial charge in [0.2, 0.25) is 0 Å². The summed E-state index contributed by atoms with van der Waals surface area (Å²) in [6, 6.07) is 12.8. The first kappa shape index (κ1) is 22.2. The molecule has 0 aliphatic carbocycles. The van der Waals surface area contributed by atoms with E-state index in [2.05, 4.69) is 0 Å². The molecule has 10 nitrogen and oxygen atoms in total. The number of amides is 2. The molecule has 1 aliphatic heterocycles. The van der Waals surface area contributed by atoms with Crippen LogP contribution in [0.1, 0.15) is 11.3 Å². The Morgan fingerprint density at radius 3 is 2.55 bits per heavy atom. The number of hydrogen-bond acceptors (Lipinski definition) is 8. The molecule has 1 aliphatic rings. The van der Waals surface area contributed by atoms with Gasteiger partial charge in [-0.3, -0.25) is 34.7 Å². The van der Waals surface area contributed by atoms with Crippen LogP contribution in [-0.4, -0.2) is 25.9 Å². The molecule has 0 bridgehead atoms. The Balaban J connectivity index is 1.57. The van der Waals surface area contributed by atoms with Crippen LogP contribution in [0.15, 0.2) is 63.9 Å². The largest absolute Gasteiger partial charge is 0.456 e. The van der Waals surface area contributed by atoms with Crippen molar-refractivity contribution < 1.29 is 23.9 Å². The maximum absolute atomic E-state index is 12.7. The van der Waals surface area contributed by atoms with Crippen LogP contribution in [0, 0.1) is 20.2 Å². The molecular formula is C21H12ClN3O7S. The summed E-state index contributed by atoms with van der Waals surface area (Å²) >= 11 is 6.54. The number of nitrogens with zero attached hydrogens (tertiary/aromatic N) is 3. The first-order chi connectivity index (χ1) is 15.7. The summed E-state index contributed by atoms with van der Waals surface area (Å²) < 4.78 is 5.65. The van der Waals surface area contributed by atoms with Crippen LogP contribution in [0.25, 0.3) is 17.4 Å². The number of halogens is 1. The summed E-state index contributed by atoms with van der Waals surface area (Å²) in [4.78, 5) is 47.3. The number of carbonyl (C=O) groups is 2. The molecule has 1 fully saturated rings. The monoisotopic (exact) mass is 485 g/mol. The van der Waals surface area contributed by atoms with Crippen molar-refractivity contribution in [1.29, 1.82) is 0 Å². The molecule has 0 unspecified atom stereocenters. The van der Waals surface area contributed by atoms with Crippen LogP contribution in [0.4, 0.5) is 16.2 Å².